The summed E-state index contributed by atoms with van der Waals surface area (Å²) in [5, 5.41) is 5.57. The Hall–Kier alpha value is -7.63. The van der Waals surface area contributed by atoms with Crippen LogP contribution in [0.25, 0.3) is 88.0 Å². The number of hydrogen-bond acceptors (Lipinski definition) is 5. The molecular weight excluding hydrogens is 685 g/mol. The van der Waals surface area contributed by atoms with Crippen LogP contribution < -0.4 is 4.90 Å². The average molecular weight is 717 g/mol. The largest absolute Gasteiger partial charge is 0.454 e. The van der Waals surface area contributed by atoms with Gasteiger partial charge in [-0.05, 0) is 112 Å². The van der Waals surface area contributed by atoms with E-state index in [4.69, 9.17) is 14.4 Å². The Kier molecular flexibility index (Phi) is 7.42. The minimum Gasteiger partial charge on any atom is -0.454 e. The highest BCUT2D eigenvalue weighted by Gasteiger charge is 2.17. The first-order valence-corrected chi connectivity index (χ1v) is 18.7. The Morgan fingerprint density at radius 1 is 0.393 bits per heavy atom. The molecule has 0 aliphatic rings. The summed E-state index contributed by atoms with van der Waals surface area (Å²) >= 11 is 0. The van der Waals surface area contributed by atoms with Gasteiger partial charge in [-0.2, -0.15) is 0 Å². The zero-order valence-electron chi connectivity index (χ0n) is 30.2. The van der Waals surface area contributed by atoms with Crippen molar-refractivity contribution in [2.75, 3.05) is 4.90 Å². The van der Waals surface area contributed by atoms with Gasteiger partial charge in [-0.3, -0.25) is 15.0 Å². The van der Waals surface area contributed by atoms with Gasteiger partial charge in [0, 0.05) is 68.5 Å². The molecule has 5 nitrogen and oxygen atoms in total. The van der Waals surface area contributed by atoms with Gasteiger partial charge in [0.2, 0.25) is 0 Å². The minimum absolute atomic E-state index is 0.807. The maximum atomic E-state index is 6.33. The van der Waals surface area contributed by atoms with Crippen molar-refractivity contribution in [3.05, 3.63) is 195 Å². The van der Waals surface area contributed by atoms with Crippen molar-refractivity contribution >= 4 is 71.7 Å². The molecule has 0 unspecified atom stereocenters. The van der Waals surface area contributed by atoms with Gasteiger partial charge in [0.15, 0.2) is 5.58 Å². The second-order valence-electron chi connectivity index (χ2n) is 14.1. The van der Waals surface area contributed by atoms with Crippen LogP contribution in [0.3, 0.4) is 0 Å². The van der Waals surface area contributed by atoms with Crippen LogP contribution in [0.1, 0.15) is 0 Å². The number of furan rings is 1. The Balaban J connectivity index is 0.987. The summed E-state index contributed by atoms with van der Waals surface area (Å²) in [7, 11) is 0. The van der Waals surface area contributed by atoms with Gasteiger partial charge in [-0.25, -0.2) is 0 Å². The lowest BCUT2D eigenvalue weighted by Gasteiger charge is -2.26. The lowest BCUT2D eigenvalue weighted by Crippen LogP contribution is -2.09. The molecule has 0 aliphatic heterocycles. The minimum atomic E-state index is 0.807. The molecule has 4 aromatic heterocycles. The molecule has 0 fully saturated rings. The second-order valence-corrected chi connectivity index (χ2v) is 14.1. The molecule has 11 aromatic rings. The lowest BCUT2D eigenvalue weighted by atomic mass is 10.00. The Labute approximate surface area is 322 Å². The SMILES string of the molecule is c1ccc2ncc(-c3ccc(N(c4ccc(-c5cnc6ccccc6c5)cc4)c4ccc5cc(-c6ccnc7c6oc6ccccc67)ccc5c4)cc3)cc2c1. The zero-order valence-corrected chi connectivity index (χ0v) is 30.2. The highest BCUT2D eigenvalue weighted by Crippen LogP contribution is 2.40. The van der Waals surface area contributed by atoms with Crippen LogP contribution in [-0.4, -0.2) is 15.0 Å². The average Bonchev–Trinajstić information content (AvgIpc) is 3.66. The van der Waals surface area contributed by atoms with Crippen molar-refractivity contribution in [2.24, 2.45) is 0 Å². The summed E-state index contributed by atoms with van der Waals surface area (Å²) in [6, 6.07) is 61.8. The van der Waals surface area contributed by atoms with Gasteiger partial charge >= 0.3 is 0 Å². The predicted molar refractivity (Wildman–Crippen MR) is 231 cm³/mol. The summed E-state index contributed by atoms with van der Waals surface area (Å²) < 4.78 is 6.33. The molecule has 5 heteroatoms. The lowest BCUT2D eigenvalue weighted by molar-refractivity contribution is 0.669. The molecular formula is C51H32N4O. The Morgan fingerprint density at radius 2 is 0.929 bits per heavy atom. The first kappa shape index (κ1) is 31.9. The van der Waals surface area contributed by atoms with E-state index in [0.717, 1.165) is 105 Å². The van der Waals surface area contributed by atoms with Gasteiger partial charge < -0.3 is 9.32 Å². The summed E-state index contributed by atoms with van der Waals surface area (Å²) in [6.45, 7) is 0. The highest BCUT2D eigenvalue weighted by atomic mass is 16.3. The topological polar surface area (TPSA) is 55.1 Å². The Bertz CT molecular complexity index is 3140. The molecule has 0 amide bonds. The van der Waals surface area contributed by atoms with Crippen molar-refractivity contribution in [3.8, 4) is 33.4 Å². The van der Waals surface area contributed by atoms with Crippen LogP contribution in [0.4, 0.5) is 17.1 Å². The summed E-state index contributed by atoms with van der Waals surface area (Å²) in [5.74, 6) is 0. The highest BCUT2D eigenvalue weighted by molar-refractivity contribution is 6.07. The van der Waals surface area contributed by atoms with Crippen LogP contribution in [0.5, 0.6) is 0 Å². The van der Waals surface area contributed by atoms with Crippen molar-refractivity contribution in [2.45, 2.75) is 0 Å². The van der Waals surface area contributed by atoms with Crippen molar-refractivity contribution < 1.29 is 4.42 Å². The van der Waals surface area contributed by atoms with E-state index in [1.807, 2.05) is 67.1 Å². The van der Waals surface area contributed by atoms with Crippen molar-refractivity contribution in [1.82, 2.24) is 15.0 Å². The number of rotatable bonds is 6. The van der Waals surface area contributed by atoms with Gasteiger partial charge in [0.25, 0.3) is 0 Å². The van der Waals surface area contributed by atoms with E-state index in [1.165, 1.54) is 0 Å². The fourth-order valence-electron chi connectivity index (χ4n) is 7.88. The number of fused-ring (bicyclic) bond motifs is 6. The standard InChI is InChI=1S/C51H32N4O/c1-4-10-47-38(7-1)28-40(31-53-47)33-15-20-42(21-16-33)55(43-22-17-34(18-23-43)41-29-39-8-2-5-11-48(39)54-32-41)44-24-19-35-27-37(14-13-36(35)30-44)45-25-26-52-50-46-9-3-6-12-49(46)56-51(45)50/h1-32H. The molecule has 0 N–H and O–H groups in total. The van der Waals surface area contributed by atoms with E-state index in [2.05, 4.69) is 137 Å². The number of hydrogen-bond donors (Lipinski definition) is 0. The molecule has 56 heavy (non-hydrogen) atoms. The predicted octanol–water partition coefficient (Wildman–Crippen LogP) is 13.7. The number of anilines is 3. The van der Waals surface area contributed by atoms with E-state index in [-0.39, 0.29) is 0 Å². The zero-order chi connectivity index (χ0) is 37.0. The number of benzene rings is 7. The van der Waals surface area contributed by atoms with Crippen LogP contribution in [0.2, 0.25) is 0 Å². The van der Waals surface area contributed by atoms with Crippen LogP contribution >= 0.6 is 0 Å². The van der Waals surface area contributed by atoms with Crippen LogP contribution in [-0.2, 0) is 0 Å². The summed E-state index contributed by atoms with van der Waals surface area (Å²) in [4.78, 5) is 16.4. The van der Waals surface area contributed by atoms with E-state index in [1.54, 1.807) is 0 Å². The van der Waals surface area contributed by atoms with Crippen molar-refractivity contribution in [1.29, 1.82) is 0 Å². The number of aromatic nitrogens is 3. The molecule has 11 rings (SSSR count). The summed E-state index contributed by atoms with van der Waals surface area (Å²) in [6.07, 6.45) is 5.78. The quantitative estimate of drug-likeness (QED) is 0.171. The molecule has 0 saturated heterocycles. The van der Waals surface area contributed by atoms with Gasteiger partial charge in [-0.15, -0.1) is 0 Å². The van der Waals surface area contributed by atoms with Gasteiger partial charge in [-0.1, -0.05) is 91.0 Å². The molecule has 0 aliphatic carbocycles. The smallest absolute Gasteiger partial charge is 0.161 e. The number of para-hydroxylation sites is 3. The monoisotopic (exact) mass is 716 g/mol. The Morgan fingerprint density at radius 3 is 1.61 bits per heavy atom. The number of nitrogens with zero attached hydrogens (tertiary/aromatic N) is 4. The maximum Gasteiger partial charge on any atom is 0.161 e. The van der Waals surface area contributed by atoms with Crippen LogP contribution in [0.15, 0.2) is 199 Å². The molecule has 0 radical (unpaired) electrons. The fourth-order valence-corrected chi connectivity index (χ4v) is 7.88. The third-order valence-corrected chi connectivity index (χ3v) is 10.8. The molecule has 7 aromatic carbocycles. The fraction of sp³-hybridized carbons (Fsp3) is 0. The van der Waals surface area contributed by atoms with Gasteiger partial charge in [0.05, 0.1) is 11.0 Å². The summed E-state index contributed by atoms with van der Waals surface area (Å²) in [5.41, 5.74) is 14.2. The normalized spacial score (nSPS) is 11.6. The van der Waals surface area contributed by atoms with Crippen LogP contribution in [0, 0.1) is 0 Å². The molecule has 0 saturated carbocycles. The first-order valence-electron chi connectivity index (χ1n) is 18.7. The van der Waals surface area contributed by atoms with E-state index < -0.39 is 0 Å². The maximum absolute atomic E-state index is 6.33. The van der Waals surface area contributed by atoms with E-state index in [9.17, 15) is 0 Å². The molecule has 0 spiro atoms. The molecule has 0 bridgehead atoms. The molecule has 262 valence electrons. The third kappa shape index (κ3) is 5.53. The van der Waals surface area contributed by atoms with E-state index >= 15 is 0 Å². The van der Waals surface area contributed by atoms with E-state index in [0.29, 0.717) is 0 Å². The van der Waals surface area contributed by atoms with Gasteiger partial charge in [0.1, 0.15) is 11.1 Å². The molecule has 0 atom stereocenters. The van der Waals surface area contributed by atoms with Crippen molar-refractivity contribution in [3.63, 3.8) is 0 Å². The third-order valence-electron chi connectivity index (χ3n) is 10.8. The molecule has 4 heterocycles. The second kappa shape index (κ2) is 13.0. The number of pyridine rings is 3. The first-order chi connectivity index (χ1) is 27.7.